The first kappa shape index (κ1) is 17.8. The van der Waals surface area contributed by atoms with Crippen LogP contribution in [0.5, 0.6) is 0 Å². The van der Waals surface area contributed by atoms with Crippen molar-refractivity contribution in [2.24, 2.45) is 0 Å². The van der Waals surface area contributed by atoms with Crippen molar-refractivity contribution in [1.29, 1.82) is 0 Å². The van der Waals surface area contributed by atoms with Crippen LogP contribution in [0.1, 0.15) is 16.8 Å². The Bertz CT molecular complexity index is 591. The van der Waals surface area contributed by atoms with Crippen LogP contribution in [-0.2, 0) is 9.53 Å². The molecule has 0 aromatic heterocycles. The van der Waals surface area contributed by atoms with Gasteiger partial charge in [0.2, 0.25) is 5.91 Å². The molecular formula is C18H26N4O3. The summed E-state index contributed by atoms with van der Waals surface area (Å²) in [4.78, 5) is 28.7. The molecular weight excluding hydrogens is 320 g/mol. The van der Waals surface area contributed by atoms with Crippen molar-refractivity contribution < 1.29 is 14.3 Å². The van der Waals surface area contributed by atoms with E-state index in [2.05, 4.69) is 22.6 Å². The molecule has 1 aromatic carbocycles. The largest absolute Gasteiger partial charge is 0.378 e. The van der Waals surface area contributed by atoms with Crippen LogP contribution in [0, 0.1) is 0 Å². The molecule has 2 heterocycles. The number of amides is 2. The number of benzene rings is 1. The highest BCUT2D eigenvalue weighted by Gasteiger charge is 2.20. The minimum atomic E-state index is -0.0545. The standard InChI is InChI=1S/C18H26N4O3/c1-21-7-9-22(10-8-21)18(24)14-2-4-15(5-3-14)20-17(23)12-16-13-25-11-6-19-16/h2-5,16,19H,6-13H2,1H3,(H,20,23). The molecule has 3 rings (SSSR count). The number of anilines is 1. The van der Waals surface area contributed by atoms with Gasteiger partial charge in [0.1, 0.15) is 0 Å². The second-order valence-corrected chi connectivity index (χ2v) is 6.65. The first-order chi connectivity index (χ1) is 12.1. The highest BCUT2D eigenvalue weighted by molar-refractivity contribution is 5.96. The van der Waals surface area contributed by atoms with Crippen molar-refractivity contribution in [3.05, 3.63) is 29.8 Å². The SMILES string of the molecule is CN1CCN(C(=O)c2ccc(NC(=O)CC3COCCN3)cc2)CC1. The second-order valence-electron chi connectivity index (χ2n) is 6.65. The maximum absolute atomic E-state index is 12.5. The Morgan fingerprint density at radius 3 is 2.56 bits per heavy atom. The van der Waals surface area contributed by atoms with Gasteiger partial charge < -0.3 is 25.2 Å². The zero-order valence-corrected chi connectivity index (χ0v) is 14.7. The predicted octanol–water partition coefficient (Wildman–Crippen LogP) is 0.391. The smallest absolute Gasteiger partial charge is 0.253 e. The Morgan fingerprint density at radius 2 is 1.92 bits per heavy atom. The number of hydrogen-bond donors (Lipinski definition) is 2. The molecule has 2 aliphatic rings. The van der Waals surface area contributed by atoms with Gasteiger partial charge in [-0.25, -0.2) is 0 Å². The summed E-state index contributed by atoms with van der Waals surface area (Å²) >= 11 is 0. The summed E-state index contributed by atoms with van der Waals surface area (Å²) in [5.41, 5.74) is 1.36. The minimum Gasteiger partial charge on any atom is -0.378 e. The summed E-state index contributed by atoms with van der Waals surface area (Å²) in [6, 6.07) is 7.18. The number of piperazine rings is 1. The number of ether oxygens (including phenoxy) is 1. The van der Waals surface area contributed by atoms with Crippen LogP contribution >= 0.6 is 0 Å². The van der Waals surface area contributed by atoms with Crippen molar-refractivity contribution in [1.82, 2.24) is 15.1 Å². The zero-order chi connectivity index (χ0) is 17.6. The van der Waals surface area contributed by atoms with Crippen LogP contribution in [-0.4, -0.2) is 80.6 Å². The van der Waals surface area contributed by atoms with Gasteiger partial charge in [0.25, 0.3) is 5.91 Å². The van der Waals surface area contributed by atoms with E-state index in [0.29, 0.717) is 30.9 Å². The molecule has 0 saturated carbocycles. The Balaban J connectivity index is 1.51. The summed E-state index contributed by atoms with van der Waals surface area (Å²) in [6.45, 7) is 5.35. The van der Waals surface area contributed by atoms with Gasteiger partial charge in [-0.2, -0.15) is 0 Å². The Kier molecular flexibility index (Phi) is 6.01. The van der Waals surface area contributed by atoms with Gasteiger partial charge in [-0.3, -0.25) is 9.59 Å². The molecule has 2 N–H and O–H groups in total. The monoisotopic (exact) mass is 346 g/mol. The second kappa shape index (κ2) is 8.42. The van der Waals surface area contributed by atoms with Crippen molar-refractivity contribution in [3.63, 3.8) is 0 Å². The molecule has 0 spiro atoms. The third-order valence-electron chi connectivity index (χ3n) is 4.64. The van der Waals surface area contributed by atoms with Gasteiger partial charge in [-0.05, 0) is 31.3 Å². The molecule has 7 nitrogen and oxygen atoms in total. The lowest BCUT2D eigenvalue weighted by atomic mass is 10.1. The summed E-state index contributed by atoms with van der Waals surface area (Å²) in [5, 5.41) is 6.13. The van der Waals surface area contributed by atoms with E-state index in [0.717, 1.165) is 32.7 Å². The molecule has 0 bridgehead atoms. The van der Waals surface area contributed by atoms with Crippen LogP contribution in [0.25, 0.3) is 0 Å². The lowest BCUT2D eigenvalue weighted by Crippen LogP contribution is -2.47. The van der Waals surface area contributed by atoms with E-state index in [-0.39, 0.29) is 17.9 Å². The number of nitrogens with one attached hydrogen (secondary N) is 2. The van der Waals surface area contributed by atoms with E-state index in [1.54, 1.807) is 24.3 Å². The first-order valence-corrected chi connectivity index (χ1v) is 8.80. The maximum Gasteiger partial charge on any atom is 0.253 e. The highest BCUT2D eigenvalue weighted by Crippen LogP contribution is 2.13. The average molecular weight is 346 g/mol. The highest BCUT2D eigenvalue weighted by atomic mass is 16.5. The van der Waals surface area contributed by atoms with Crippen molar-refractivity contribution in [2.45, 2.75) is 12.5 Å². The van der Waals surface area contributed by atoms with Crippen molar-refractivity contribution in [2.75, 3.05) is 58.3 Å². The third kappa shape index (κ3) is 5.01. The molecule has 2 saturated heterocycles. The van der Waals surface area contributed by atoms with Gasteiger partial charge in [0.15, 0.2) is 0 Å². The van der Waals surface area contributed by atoms with Crippen molar-refractivity contribution in [3.8, 4) is 0 Å². The molecule has 7 heteroatoms. The number of rotatable bonds is 4. The summed E-state index contributed by atoms with van der Waals surface area (Å²) < 4.78 is 5.35. The molecule has 2 fully saturated rings. The number of likely N-dealkylation sites (N-methyl/N-ethyl adjacent to an activating group) is 1. The van der Waals surface area contributed by atoms with Crippen LogP contribution in [0.3, 0.4) is 0 Å². The van der Waals surface area contributed by atoms with Crippen LogP contribution < -0.4 is 10.6 Å². The number of carbonyl (C=O) groups excluding carboxylic acids is 2. The summed E-state index contributed by atoms with van der Waals surface area (Å²) in [5.74, 6) is -0.00400. The lowest BCUT2D eigenvalue weighted by molar-refractivity contribution is -0.117. The topological polar surface area (TPSA) is 73.9 Å². The van der Waals surface area contributed by atoms with E-state index in [9.17, 15) is 9.59 Å². The number of hydrogen-bond acceptors (Lipinski definition) is 5. The summed E-state index contributed by atoms with van der Waals surface area (Å²) in [6.07, 6.45) is 0.377. The quantitative estimate of drug-likeness (QED) is 0.825. The van der Waals surface area contributed by atoms with Gasteiger partial charge in [0.05, 0.1) is 13.2 Å². The van der Waals surface area contributed by atoms with Gasteiger partial charge in [-0.15, -0.1) is 0 Å². The average Bonchev–Trinajstić information content (AvgIpc) is 2.63. The van der Waals surface area contributed by atoms with Crippen LogP contribution in [0.15, 0.2) is 24.3 Å². The van der Waals surface area contributed by atoms with Gasteiger partial charge in [0, 0.05) is 56.4 Å². The Morgan fingerprint density at radius 1 is 1.20 bits per heavy atom. The first-order valence-electron chi connectivity index (χ1n) is 8.80. The third-order valence-corrected chi connectivity index (χ3v) is 4.64. The normalized spacial score (nSPS) is 21.8. The fourth-order valence-corrected chi connectivity index (χ4v) is 3.07. The lowest BCUT2D eigenvalue weighted by Gasteiger charge is -2.32. The fraction of sp³-hybridized carbons (Fsp3) is 0.556. The molecule has 25 heavy (non-hydrogen) atoms. The van der Waals surface area contributed by atoms with Crippen LogP contribution in [0.4, 0.5) is 5.69 Å². The molecule has 0 radical (unpaired) electrons. The number of carbonyl (C=O) groups is 2. The Hall–Kier alpha value is -1.96. The maximum atomic E-state index is 12.5. The van der Waals surface area contributed by atoms with E-state index >= 15 is 0 Å². The Labute approximate surface area is 148 Å². The fourth-order valence-electron chi connectivity index (χ4n) is 3.07. The molecule has 2 aliphatic heterocycles. The predicted molar refractivity (Wildman–Crippen MR) is 95.7 cm³/mol. The molecule has 1 atom stereocenters. The molecule has 1 aromatic rings. The molecule has 136 valence electrons. The van der Waals surface area contributed by atoms with Crippen molar-refractivity contribution >= 4 is 17.5 Å². The van der Waals surface area contributed by atoms with Crippen LogP contribution in [0.2, 0.25) is 0 Å². The number of morpholine rings is 1. The van der Waals surface area contributed by atoms with Gasteiger partial charge in [-0.1, -0.05) is 0 Å². The molecule has 0 aliphatic carbocycles. The van der Waals surface area contributed by atoms with E-state index in [4.69, 9.17) is 4.74 Å². The zero-order valence-electron chi connectivity index (χ0n) is 14.7. The molecule has 1 unspecified atom stereocenters. The number of nitrogens with zero attached hydrogens (tertiary/aromatic N) is 2. The summed E-state index contributed by atoms with van der Waals surface area (Å²) in [7, 11) is 2.06. The van der Waals surface area contributed by atoms with E-state index in [1.807, 2.05) is 4.90 Å². The minimum absolute atomic E-state index is 0.0505. The van der Waals surface area contributed by atoms with E-state index in [1.165, 1.54) is 0 Å². The van der Waals surface area contributed by atoms with E-state index < -0.39 is 0 Å². The molecule has 2 amide bonds. The van der Waals surface area contributed by atoms with Gasteiger partial charge >= 0.3 is 0 Å².